The van der Waals surface area contributed by atoms with Crippen LogP contribution in [-0.4, -0.2) is 16.6 Å². The van der Waals surface area contributed by atoms with Crippen molar-refractivity contribution in [3.8, 4) is 0 Å². The van der Waals surface area contributed by atoms with Gasteiger partial charge in [0.2, 0.25) is 0 Å². The fourth-order valence-electron chi connectivity index (χ4n) is 1.84. The third kappa shape index (κ3) is 1.46. The van der Waals surface area contributed by atoms with E-state index in [1.165, 1.54) is 0 Å². The summed E-state index contributed by atoms with van der Waals surface area (Å²) in [5.41, 5.74) is 4.83. The van der Waals surface area contributed by atoms with Crippen molar-refractivity contribution in [2.24, 2.45) is 17.6 Å². The molecule has 1 rings (SSSR count). The first-order chi connectivity index (χ1) is 5.47. The van der Waals surface area contributed by atoms with Gasteiger partial charge in [0.15, 0.2) is 0 Å². The van der Waals surface area contributed by atoms with Gasteiger partial charge in [0.25, 0.3) is 0 Å². The molecule has 1 aliphatic rings. The van der Waals surface area contributed by atoms with Gasteiger partial charge in [-0.3, -0.25) is 4.79 Å². The van der Waals surface area contributed by atoms with Crippen LogP contribution in [0, 0.1) is 11.8 Å². The average molecular weight is 171 g/mol. The normalized spacial score (nSPS) is 34.8. The van der Waals surface area contributed by atoms with Gasteiger partial charge in [-0.15, -0.1) is 0 Å². The van der Waals surface area contributed by atoms with E-state index in [1.54, 1.807) is 0 Å². The van der Waals surface area contributed by atoms with Gasteiger partial charge in [0.05, 0.1) is 0 Å². The van der Waals surface area contributed by atoms with Crippen LogP contribution in [0.25, 0.3) is 0 Å². The molecule has 1 aliphatic carbocycles. The van der Waals surface area contributed by atoms with Gasteiger partial charge in [-0.25, -0.2) is 0 Å². The lowest BCUT2D eigenvalue weighted by molar-refractivity contribution is -0.151. The van der Waals surface area contributed by atoms with Crippen LogP contribution in [-0.2, 0) is 4.79 Å². The second-order valence-electron chi connectivity index (χ2n) is 4.21. The van der Waals surface area contributed by atoms with Crippen LogP contribution < -0.4 is 5.73 Å². The predicted molar refractivity (Wildman–Crippen MR) is 46.7 cm³/mol. The minimum atomic E-state index is -0.912. The summed E-state index contributed by atoms with van der Waals surface area (Å²) in [4.78, 5) is 10.8. The Hall–Kier alpha value is -0.570. The molecule has 0 heterocycles. The van der Waals surface area contributed by atoms with E-state index in [0.29, 0.717) is 12.3 Å². The first kappa shape index (κ1) is 9.52. The van der Waals surface area contributed by atoms with Crippen LogP contribution in [0.5, 0.6) is 0 Å². The molecule has 12 heavy (non-hydrogen) atoms. The van der Waals surface area contributed by atoms with Gasteiger partial charge in [0.1, 0.15) is 5.54 Å². The van der Waals surface area contributed by atoms with Crippen molar-refractivity contribution in [2.75, 3.05) is 0 Å². The summed E-state index contributed by atoms with van der Waals surface area (Å²) in [7, 11) is 0. The number of rotatable bonds is 3. The number of carboxylic acids is 1. The molecule has 0 aromatic rings. The first-order valence-corrected chi connectivity index (χ1v) is 4.49. The number of carboxylic acid groups (broad SMARTS) is 1. The van der Waals surface area contributed by atoms with Crippen LogP contribution in [0.4, 0.5) is 0 Å². The number of hydrogen-bond donors (Lipinski definition) is 2. The molecule has 1 saturated carbocycles. The van der Waals surface area contributed by atoms with Gasteiger partial charge in [-0.05, 0) is 31.1 Å². The summed E-state index contributed by atoms with van der Waals surface area (Å²) >= 11 is 0. The molecule has 3 heteroatoms. The van der Waals surface area contributed by atoms with E-state index in [0.717, 1.165) is 12.8 Å². The minimum Gasteiger partial charge on any atom is -0.480 e. The number of hydrogen-bond acceptors (Lipinski definition) is 2. The maximum Gasteiger partial charge on any atom is 0.323 e. The zero-order valence-electron chi connectivity index (χ0n) is 7.71. The van der Waals surface area contributed by atoms with E-state index in [-0.39, 0.29) is 5.92 Å². The molecule has 70 valence electrons. The zero-order chi connectivity index (χ0) is 9.35. The van der Waals surface area contributed by atoms with Crippen LogP contribution in [0.2, 0.25) is 0 Å². The van der Waals surface area contributed by atoms with Gasteiger partial charge >= 0.3 is 5.97 Å². The van der Waals surface area contributed by atoms with E-state index in [9.17, 15) is 4.79 Å². The predicted octanol–water partition coefficient (Wildman–Crippen LogP) is 1.22. The highest BCUT2D eigenvalue weighted by Gasteiger charge is 2.49. The molecular formula is C9H17NO2. The Balaban J connectivity index is 2.53. The lowest BCUT2D eigenvalue weighted by Gasteiger charge is -2.44. The summed E-state index contributed by atoms with van der Waals surface area (Å²) in [5.74, 6) is -0.105. The number of nitrogens with two attached hydrogens (primary N) is 1. The van der Waals surface area contributed by atoms with Crippen LogP contribution in [0.3, 0.4) is 0 Å². The van der Waals surface area contributed by atoms with E-state index < -0.39 is 11.5 Å². The quantitative estimate of drug-likeness (QED) is 0.671. The molecule has 2 atom stereocenters. The third-order valence-corrected chi connectivity index (χ3v) is 2.79. The summed E-state index contributed by atoms with van der Waals surface area (Å²) < 4.78 is 0. The van der Waals surface area contributed by atoms with Crippen molar-refractivity contribution < 1.29 is 9.90 Å². The molecule has 0 bridgehead atoms. The SMILES string of the molecule is CC(C)CC1CCC1(N)C(=O)O. The molecule has 3 N–H and O–H groups in total. The molecule has 3 nitrogen and oxygen atoms in total. The Morgan fingerprint density at radius 2 is 2.33 bits per heavy atom. The lowest BCUT2D eigenvalue weighted by Crippen LogP contribution is -2.61. The third-order valence-electron chi connectivity index (χ3n) is 2.79. The summed E-state index contributed by atoms with van der Waals surface area (Å²) in [5, 5.41) is 8.85. The highest BCUT2D eigenvalue weighted by atomic mass is 16.4. The molecule has 0 amide bonds. The van der Waals surface area contributed by atoms with Crippen molar-refractivity contribution in [1.29, 1.82) is 0 Å². The second kappa shape index (κ2) is 3.05. The van der Waals surface area contributed by atoms with Crippen molar-refractivity contribution in [1.82, 2.24) is 0 Å². The molecule has 0 saturated heterocycles. The van der Waals surface area contributed by atoms with Gasteiger partial charge in [0, 0.05) is 0 Å². The molecular weight excluding hydrogens is 154 g/mol. The summed E-state index contributed by atoms with van der Waals surface area (Å²) in [6.07, 6.45) is 2.55. The van der Waals surface area contributed by atoms with E-state index >= 15 is 0 Å². The summed E-state index contributed by atoms with van der Waals surface area (Å²) in [6.45, 7) is 4.20. The lowest BCUT2D eigenvalue weighted by atomic mass is 9.64. The molecule has 0 spiro atoms. The molecule has 2 unspecified atom stereocenters. The van der Waals surface area contributed by atoms with Crippen molar-refractivity contribution in [3.63, 3.8) is 0 Å². The minimum absolute atomic E-state index is 0.190. The van der Waals surface area contributed by atoms with E-state index in [2.05, 4.69) is 13.8 Å². The Labute approximate surface area is 72.9 Å². The molecule has 0 aliphatic heterocycles. The Morgan fingerprint density at radius 3 is 2.58 bits per heavy atom. The maximum absolute atomic E-state index is 10.8. The molecule has 0 aromatic heterocycles. The number of aliphatic carboxylic acids is 1. The fraction of sp³-hybridized carbons (Fsp3) is 0.889. The highest BCUT2D eigenvalue weighted by molar-refractivity contribution is 5.80. The van der Waals surface area contributed by atoms with Crippen molar-refractivity contribution >= 4 is 5.97 Å². The summed E-state index contributed by atoms with van der Waals surface area (Å²) in [6, 6.07) is 0. The van der Waals surface area contributed by atoms with Crippen LogP contribution in [0.1, 0.15) is 33.1 Å². The molecule has 0 aromatic carbocycles. The van der Waals surface area contributed by atoms with E-state index in [1.807, 2.05) is 0 Å². The molecule has 0 radical (unpaired) electrons. The topological polar surface area (TPSA) is 63.3 Å². The zero-order valence-corrected chi connectivity index (χ0v) is 7.71. The van der Waals surface area contributed by atoms with Crippen LogP contribution >= 0.6 is 0 Å². The van der Waals surface area contributed by atoms with E-state index in [4.69, 9.17) is 10.8 Å². The smallest absolute Gasteiger partial charge is 0.323 e. The fourth-order valence-corrected chi connectivity index (χ4v) is 1.84. The second-order valence-corrected chi connectivity index (χ2v) is 4.21. The maximum atomic E-state index is 10.8. The van der Waals surface area contributed by atoms with Crippen molar-refractivity contribution in [3.05, 3.63) is 0 Å². The average Bonchev–Trinajstić information content (AvgIpc) is 1.96. The van der Waals surface area contributed by atoms with Crippen molar-refractivity contribution in [2.45, 2.75) is 38.6 Å². The Kier molecular flexibility index (Phi) is 2.42. The first-order valence-electron chi connectivity index (χ1n) is 4.49. The Bertz CT molecular complexity index is 191. The molecule has 1 fully saturated rings. The Morgan fingerprint density at radius 1 is 1.75 bits per heavy atom. The van der Waals surface area contributed by atoms with Gasteiger partial charge in [-0.1, -0.05) is 13.8 Å². The standard InChI is InChI=1S/C9H17NO2/c1-6(2)5-7-3-4-9(7,10)8(11)12/h6-7H,3-5,10H2,1-2H3,(H,11,12). The number of carbonyl (C=O) groups is 1. The largest absolute Gasteiger partial charge is 0.480 e. The van der Waals surface area contributed by atoms with Crippen LogP contribution in [0.15, 0.2) is 0 Å². The van der Waals surface area contributed by atoms with Gasteiger partial charge in [-0.2, -0.15) is 0 Å². The monoisotopic (exact) mass is 171 g/mol. The van der Waals surface area contributed by atoms with Gasteiger partial charge < -0.3 is 10.8 Å². The highest BCUT2D eigenvalue weighted by Crippen LogP contribution is 2.40.